The van der Waals surface area contributed by atoms with E-state index in [9.17, 15) is 9.18 Å². The predicted molar refractivity (Wildman–Crippen MR) is 95.5 cm³/mol. The highest BCUT2D eigenvalue weighted by atomic mass is 19.1. The number of benzene rings is 1. The molecular formula is C19H28FN3O2. The minimum Gasteiger partial charge on any atom is -0.494 e. The maximum atomic E-state index is 13.8. The first-order valence-electron chi connectivity index (χ1n) is 9.14. The third-order valence-electron chi connectivity index (χ3n) is 5.41. The van der Waals surface area contributed by atoms with Gasteiger partial charge >= 0.3 is 0 Å². The van der Waals surface area contributed by atoms with E-state index in [2.05, 4.69) is 22.2 Å². The smallest absolute Gasteiger partial charge is 0.251 e. The van der Waals surface area contributed by atoms with E-state index < -0.39 is 5.82 Å². The van der Waals surface area contributed by atoms with Crippen molar-refractivity contribution in [1.82, 2.24) is 15.1 Å². The van der Waals surface area contributed by atoms with Crippen molar-refractivity contribution >= 4 is 5.91 Å². The average molecular weight is 349 g/mol. The molecule has 2 aliphatic heterocycles. The van der Waals surface area contributed by atoms with Gasteiger partial charge in [0, 0.05) is 24.2 Å². The van der Waals surface area contributed by atoms with Crippen LogP contribution in [0.5, 0.6) is 5.75 Å². The lowest BCUT2D eigenvalue weighted by atomic mass is 9.98. The highest BCUT2D eigenvalue weighted by Crippen LogP contribution is 2.21. The molecule has 2 heterocycles. The van der Waals surface area contributed by atoms with Gasteiger partial charge in [-0.3, -0.25) is 9.69 Å². The second-order valence-corrected chi connectivity index (χ2v) is 7.19. The Morgan fingerprint density at radius 3 is 2.68 bits per heavy atom. The molecule has 1 atom stereocenters. The molecule has 1 N–H and O–H groups in total. The van der Waals surface area contributed by atoms with Crippen molar-refractivity contribution in [3.05, 3.63) is 29.6 Å². The molecule has 6 heteroatoms. The molecule has 1 amide bonds. The molecule has 1 aromatic rings. The number of hydrogen-bond donors (Lipinski definition) is 1. The second kappa shape index (κ2) is 8.15. The summed E-state index contributed by atoms with van der Waals surface area (Å²) in [6, 6.07) is 5.09. The number of ether oxygens (including phenoxy) is 1. The van der Waals surface area contributed by atoms with Crippen LogP contribution in [0.2, 0.25) is 0 Å². The molecule has 25 heavy (non-hydrogen) atoms. The molecule has 1 aromatic carbocycles. The van der Waals surface area contributed by atoms with Gasteiger partial charge in [-0.2, -0.15) is 0 Å². The maximum Gasteiger partial charge on any atom is 0.251 e. The summed E-state index contributed by atoms with van der Waals surface area (Å²) in [7, 11) is 3.58. The molecule has 0 radical (unpaired) electrons. The number of carbonyl (C=O) groups excluding carboxylic acids is 1. The number of likely N-dealkylation sites (tertiary alicyclic amines) is 2. The maximum absolute atomic E-state index is 13.8. The molecule has 3 rings (SSSR count). The third-order valence-corrected chi connectivity index (χ3v) is 5.41. The molecule has 0 aliphatic carbocycles. The fraction of sp³-hybridized carbons (Fsp3) is 0.632. The molecule has 0 bridgehead atoms. The van der Waals surface area contributed by atoms with Crippen LogP contribution in [0.1, 0.15) is 36.0 Å². The summed E-state index contributed by atoms with van der Waals surface area (Å²) in [5, 5.41) is 3.08. The van der Waals surface area contributed by atoms with Gasteiger partial charge in [0.1, 0.15) is 0 Å². The molecule has 0 aromatic heterocycles. The quantitative estimate of drug-likeness (QED) is 0.904. The predicted octanol–water partition coefficient (Wildman–Crippen LogP) is 2.12. The molecule has 2 aliphatic rings. The zero-order chi connectivity index (χ0) is 17.8. The molecule has 2 fully saturated rings. The van der Waals surface area contributed by atoms with Crippen LogP contribution in [-0.4, -0.2) is 68.1 Å². The lowest BCUT2D eigenvalue weighted by Crippen LogP contribution is -2.53. The number of halogens is 1. The zero-order valence-electron chi connectivity index (χ0n) is 15.1. The van der Waals surface area contributed by atoms with Gasteiger partial charge < -0.3 is 15.0 Å². The van der Waals surface area contributed by atoms with Crippen molar-refractivity contribution in [2.45, 2.75) is 37.8 Å². The van der Waals surface area contributed by atoms with Crippen LogP contribution in [0.4, 0.5) is 4.39 Å². The molecule has 5 nitrogen and oxygen atoms in total. The van der Waals surface area contributed by atoms with Crippen LogP contribution in [0, 0.1) is 5.82 Å². The Hall–Kier alpha value is -1.66. The number of hydrogen-bond acceptors (Lipinski definition) is 4. The Morgan fingerprint density at radius 2 is 2.00 bits per heavy atom. The number of methoxy groups -OCH3 is 1. The first-order valence-corrected chi connectivity index (χ1v) is 9.14. The summed E-state index contributed by atoms with van der Waals surface area (Å²) >= 11 is 0. The van der Waals surface area contributed by atoms with Crippen molar-refractivity contribution in [2.75, 3.05) is 40.3 Å². The fourth-order valence-electron chi connectivity index (χ4n) is 3.89. The lowest BCUT2D eigenvalue weighted by Gasteiger charge is -2.41. The van der Waals surface area contributed by atoms with Crippen molar-refractivity contribution in [2.24, 2.45) is 0 Å². The van der Waals surface area contributed by atoms with E-state index >= 15 is 0 Å². The number of piperidine rings is 2. The van der Waals surface area contributed by atoms with E-state index in [1.165, 1.54) is 32.1 Å². The van der Waals surface area contributed by atoms with Crippen LogP contribution in [-0.2, 0) is 0 Å². The van der Waals surface area contributed by atoms with Gasteiger partial charge in [-0.05, 0) is 70.6 Å². The summed E-state index contributed by atoms with van der Waals surface area (Å²) in [4.78, 5) is 17.3. The summed E-state index contributed by atoms with van der Waals surface area (Å²) in [6.45, 7) is 4.28. The molecule has 1 unspecified atom stereocenters. The van der Waals surface area contributed by atoms with Crippen molar-refractivity contribution < 1.29 is 13.9 Å². The van der Waals surface area contributed by atoms with Gasteiger partial charge in [0.05, 0.1) is 7.11 Å². The van der Waals surface area contributed by atoms with Crippen molar-refractivity contribution in [1.29, 1.82) is 0 Å². The van der Waals surface area contributed by atoms with E-state index in [1.54, 1.807) is 6.07 Å². The average Bonchev–Trinajstić information content (AvgIpc) is 2.62. The molecule has 2 saturated heterocycles. The van der Waals surface area contributed by atoms with Gasteiger partial charge in [0.2, 0.25) is 0 Å². The van der Waals surface area contributed by atoms with E-state index in [0.29, 0.717) is 11.6 Å². The number of amides is 1. The summed E-state index contributed by atoms with van der Waals surface area (Å²) in [6.07, 6.45) is 4.46. The van der Waals surface area contributed by atoms with E-state index in [0.717, 1.165) is 39.0 Å². The first kappa shape index (κ1) is 18.1. The standard InChI is InChI=1S/C19H28FN3O2/c1-22-10-7-16(8-11-22)23-9-3-4-15(13-23)21-19(24)14-5-6-18(25-2)17(20)12-14/h5-6,12,15-16H,3-4,7-11,13H2,1-2H3,(H,21,24). The zero-order valence-corrected chi connectivity index (χ0v) is 15.1. The van der Waals surface area contributed by atoms with Gasteiger partial charge in [0.15, 0.2) is 11.6 Å². The van der Waals surface area contributed by atoms with Crippen LogP contribution in [0.15, 0.2) is 18.2 Å². The normalized spacial score (nSPS) is 23.4. The summed E-state index contributed by atoms with van der Waals surface area (Å²) < 4.78 is 18.7. The summed E-state index contributed by atoms with van der Waals surface area (Å²) in [5.74, 6) is -0.564. The van der Waals surface area contributed by atoms with Gasteiger partial charge in [-0.15, -0.1) is 0 Å². The Balaban J connectivity index is 1.57. The van der Waals surface area contributed by atoms with Crippen LogP contribution in [0.3, 0.4) is 0 Å². The first-order chi connectivity index (χ1) is 12.1. The second-order valence-electron chi connectivity index (χ2n) is 7.19. The molecule has 138 valence electrons. The number of rotatable bonds is 4. The number of carbonyl (C=O) groups is 1. The van der Waals surface area contributed by atoms with Crippen LogP contribution >= 0.6 is 0 Å². The minimum absolute atomic E-state index is 0.131. The topological polar surface area (TPSA) is 44.8 Å². The van der Waals surface area contributed by atoms with Crippen LogP contribution in [0.25, 0.3) is 0 Å². The van der Waals surface area contributed by atoms with Crippen LogP contribution < -0.4 is 10.1 Å². The Bertz CT molecular complexity index is 602. The van der Waals surface area contributed by atoms with Crippen molar-refractivity contribution in [3.63, 3.8) is 0 Å². The minimum atomic E-state index is -0.508. The number of nitrogens with zero attached hydrogens (tertiary/aromatic N) is 2. The molecular weight excluding hydrogens is 321 g/mol. The number of nitrogens with one attached hydrogen (secondary N) is 1. The highest BCUT2D eigenvalue weighted by molar-refractivity contribution is 5.94. The monoisotopic (exact) mass is 349 g/mol. The Labute approximate surface area is 149 Å². The Morgan fingerprint density at radius 1 is 1.24 bits per heavy atom. The van der Waals surface area contributed by atoms with Crippen molar-refractivity contribution in [3.8, 4) is 5.75 Å². The SMILES string of the molecule is COc1ccc(C(=O)NC2CCCN(C3CCN(C)CC3)C2)cc1F. The Kier molecular flexibility index (Phi) is 5.91. The third kappa shape index (κ3) is 4.50. The lowest BCUT2D eigenvalue weighted by molar-refractivity contribution is 0.0765. The van der Waals surface area contributed by atoms with E-state index in [4.69, 9.17) is 4.74 Å². The van der Waals surface area contributed by atoms with Gasteiger partial charge in [0.25, 0.3) is 5.91 Å². The summed E-state index contributed by atoms with van der Waals surface area (Å²) in [5.41, 5.74) is 0.342. The molecule has 0 spiro atoms. The largest absolute Gasteiger partial charge is 0.494 e. The highest BCUT2D eigenvalue weighted by Gasteiger charge is 2.28. The van der Waals surface area contributed by atoms with Gasteiger partial charge in [-0.25, -0.2) is 4.39 Å². The van der Waals surface area contributed by atoms with E-state index in [-0.39, 0.29) is 17.7 Å². The fourth-order valence-corrected chi connectivity index (χ4v) is 3.89. The van der Waals surface area contributed by atoms with E-state index in [1.807, 2.05) is 0 Å². The molecule has 0 saturated carbocycles. The van der Waals surface area contributed by atoms with Gasteiger partial charge in [-0.1, -0.05) is 0 Å².